The number of furan rings is 1. The Morgan fingerprint density at radius 3 is 2.00 bits per heavy atom. The Kier molecular flexibility index (Phi) is 4.57. The van der Waals surface area contributed by atoms with Crippen LogP contribution in [0.25, 0.3) is 38.5 Å². The molecule has 154 valence electrons. The summed E-state index contributed by atoms with van der Waals surface area (Å²) >= 11 is 8.49. The number of hydrogen-bond acceptors (Lipinski definition) is 4. The van der Waals surface area contributed by atoms with Crippen LogP contribution in [0.3, 0.4) is 0 Å². The van der Waals surface area contributed by atoms with Crippen LogP contribution in [-0.4, -0.2) is 11.6 Å². The van der Waals surface area contributed by atoms with Crippen LogP contribution < -0.4 is 0 Å². The number of thiophene rings is 1. The monoisotopic (exact) mass is 562 g/mol. The fraction of sp³-hybridized carbons (Fsp3) is 0. The first kappa shape index (κ1) is 19.9. The quantitative estimate of drug-likeness (QED) is 0.160. The number of Topliss-reactive ketones (excluding diaryl/α,β-unsaturated/α-hetero) is 2. The van der Waals surface area contributed by atoms with Gasteiger partial charge < -0.3 is 4.42 Å². The average molecular weight is 564 g/mol. The maximum atomic E-state index is 13.1. The zero-order chi connectivity index (χ0) is 22.0. The minimum Gasteiger partial charge on any atom is -0.455 e. The summed E-state index contributed by atoms with van der Waals surface area (Å²) in [5.74, 6) is 0.331. The number of benzene rings is 3. The summed E-state index contributed by atoms with van der Waals surface area (Å²) in [5, 5.41) is 1.81. The molecular formula is C26H12Br2O3S. The zero-order valence-corrected chi connectivity index (χ0v) is 20.3. The highest BCUT2D eigenvalue weighted by Gasteiger charge is 2.33. The lowest BCUT2D eigenvalue weighted by atomic mass is 10.0. The summed E-state index contributed by atoms with van der Waals surface area (Å²) in [6.45, 7) is 0. The number of hydrogen-bond donors (Lipinski definition) is 0. The number of ketones is 2. The Labute approximate surface area is 203 Å². The van der Waals surface area contributed by atoms with Crippen molar-refractivity contribution in [2.24, 2.45) is 0 Å². The molecule has 3 aromatic carbocycles. The largest absolute Gasteiger partial charge is 0.455 e. The number of carbonyl (C=O) groups is 2. The van der Waals surface area contributed by atoms with Crippen molar-refractivity contribution in [1.29, 1.82) is 0 Å². The van der Waals surface area contributed by atoms with Crippen molar-refractivity contribution in [3.8, 4) is 11.3 Å². The van der Waals surface area contributed by atoms with Crippen LogP contribution in [0.5, 0.6) is 0 Å². The second-order valence-electron chi connectivity index (χ2n) is 7.58. The van der Waals surface area contributed by atoms with E-state index in [-0.39, 0.29) is 17.1 Å². The number of allylic oxidation sites excluding steroid dienone is 1. The molecule has 2 aromatic heterocycles. The first-order chi connectivity index (χ1) is 15.5. The summed E-state index contributed by atoms with van der Waals surface area (Å²) in [7, 11) is 0. The molecule has 0 spiro atoms. The molecule has 0 fully saturated rings. The Morgan fingerprint density at radius 1 is 0.781 bits per heavy atom. The molecule has 0 amide bonds. The van der Waals surface area contributed by atoms with Gasteiger partial charge in [-0.25, -0.2) is 0 Å². The van der Waals surface area contributed by atoms with Gasteiger partial charge in [0.1, 0.15) is 11.3 Å². The van der Waals surface area contributed by atoms with Crippen LogP contribution in [0.15, 0.2) is 85.7 Å². The highest BCUT2D eigenvalue weighted by molar-refractivity contribution is 9.13. The van der Waals surface area contributed by atoms with Crippen LogP contribution >= 0.6 is 43.2 Å². The molecule has 0 aliphatic heterocycles. The molecule has 3 nitrogen and oxygen atoms in total. The predicted octanol–water partition coefficient (Wildman–Crippen LogP) is 8.30. The van der Waals surface area contributed by atoms with Crippen molar-refractivity contribution < 1.29 is 14.0 Å². The summed E-state index contributed by atoms with van der Waals surface area (Å²) in [6.07, 6.45) is 1.68. The Hall–Kier alpha value is -2.80. The van der Waals surface area contributed by atoms with Crippen molar-refractivity contribution in [3.63, 3.8) is 0 Å². The molecule has 5 aromatic rings. The molecular weight excluding hydrogens is 552 g/mol. The van der Waals surface area contributed by atoms with Crippen molar-refractivity contribution >= 4 is 81.9 Å². The molecule has 1 aliphatic rings. The van der Waals surface area contributed by atoms with Crippen molar-refractivity contribution in [2.75, 3.05) is 0 Å². The van der Waals surface area contributed by atoms with E-state index in [0.717, 1.165) is 46.2 Å². The van der Waals surface area contributed by atoms with Crippen molar-refractivity contribution in [2.45, 2.75) is 0 Å². The lowest BCUT2D eigenvalue weighted by Gasteiger charge is -2.04. The zero-order valence-electron chi connectivity index (χ0n) is 16.3. The van der Waals surface area contributed by atoms with E-state index < -0.39 is 0 Å². The van der Waals surface area contributed by atoms with E-state index in [0.29, 0.717) is 11.1 Å². The van der Waals surface area contributed by atoms with Gasteiger partial charge in [0.05, 0.1) is 10.3 Å². The predicted molar refractivity (Wildman–Crippen MR) is 136 cm³/mol. The maximum absolute atomic E-state index is 13.1. The van der Waals surface area contributed by atoms with Crippen LogP contribution in [0.4, 0.5) is 0 Å². The summed E-state index contributed by atoms with van der Waals surface area (Å²) in [6, 6.07) is 21.3. The molecule has 0 saturated carbocycles. The lowest BCUT2D eigenvalue weighted by molar-refractivity contribution is 0.0990. The summed E-state index contributed by atoms with van der Waals surface area (Å²) in [5.41, 5.74) is 2.86. The van der Waals surface area contributed by atoms with E-state index in [1.54, 1.807) is 18.2 Å². The number of rotatable bonds is 2. The Balaban J connectivity index is 1.39. The van der Waals surface area contributed by atoms with E-state index in [2.05, 4.69) is 31.9 Å². The highest BCUT2D eigenvalue weighted by Crippen LogP contribution is 2.38. The van der Waals surface area contributed by atoms with Gasteiger partial charge in [0.25, 0.3) is 0 Å². The topological polar surface area (TPSA) is 47.3 Å². The van der Waals surface area contributed by atoms with E-state index >= 15 is 0 Å². The van der Waals surface area contributed by atoms with Crippen LogP contribution in [0.2, 0.25) is 0 Å². The highest BCUT2D eigenvalue weighted by atomic mass is 79.9. The molecule has 6 heteroatoms. The van der Waals surface area contributed by atoms with E-state index in [1.165, 1.54) is 11.3 Å². The molecule has 6 rings (SSSR count). The third-order valence-corrected chi connectivity index (χ3v) is 8.42. The minimum absolute atomic E-state index is 0.195. The van der Waals surface area contributed by atoms with Crippen molar-refractivity contribution in [3.05, 3.63) is 97.3 Å². The Morgan fingerprint density at radius 2 is 1.41 bits per heavy atom. The van der Waals surface area contributed by atoms with Gasteiger partial charge in [-0.1, -0.05) is 30.3 Å². The molecule has 0 unspecified atom stereocenters. The van der Waals surface area contributed by atoms with Crippen LogP contribution in [-0.2, 0) is 0 Å². The van der Waals surface area contributed by atoms with Crippen molar-refractivity contribution in [1.82, 2.24) is 0 Å². The summed E-state index contributed by atoms with van der Waals surface area (Å²) in [4.78, 5) is 27.0. The molecule has 0 bridgehead atoms. The third-order valence-electron chi connectivity index (χ3n) is 5.57. The second-order valence-corrected chi connectivity index (χ2v) is 10.4. The molecule has 2 heterocycles. The lowest BCUT2D eigenvalue weighted by Crippen LogP contribution is -1.99. The average Bonchev–Trinajstić information content (AvgIpc) is 3.42. The smallest absolute Gasteiger partial charge is 0.197 e. The molecule has 32 heavy (non-hydrogen) atoms. The standard InChI is InChI=1S/C26H12Br2O3S/c27-20-8-14-6-17-18(7-15(14)9-21(20)28)26(30)19(25(17)29)10-16-11-23-24(32-16)12-22(31-23)13-4-2-1-3-5-13/h1-12H. The van der Waals surface area contributed by atoms with E-state index in [1.807, 2.05) is 54.6 Å². The minimum atomic E-state index is -0.235. The normalized spacial score (nSPS) is 13.4. The summed E-state index contributed by atoms with van der Waals surface area (Å²) < 4.78 is 8.76. The fourth-order valence-electron chi connectivity index (χ4n) is 4.01. The first-order valence-corrected chi connectivity index (χ1v) is 12.2. The first-order valence-electron chi connectivity index (χ1n) is 9.80. The molecule has 0 saturated heterocycles. The number of halogens is 2. The fourth-order valence-corrected chi connectivity index (χ4v) is 5.69. The van der Waals surface area contributed by atoms with Gasteiger partial charge in [-0.3, -0.25) is 9.59 Å². The van der Waals surface area contributed by atoms with Gasteiger partial charge >= 0.3 is 0 Å². The van der Waals surface area contributed by atoms with Gasteiger partial charge in [-0.15, -0.1) is 11.3 Å². The Bertz CT molecular complexity index is 1530. The maximum Gasteiger partial charge on any atom is 0.197 e. The van der Waals surface area contributed by atoms with Gasteiger partial charge in [-0.05, 0) is 79.0 Å². The second kappa shape index (κ2) is 7.37. The van der Waals surface area contributed by atoms with Gasteiger partial charge in [0, 0.05) is 36.6 Å². The van der Waals surface area contributed by atoms with Gasteiger partial charge in [-0.2, -0.15) is 0 Å². The number of fused-ring (bicyclic) bond motifs is 3. The van der Waals surface area contributed by atoms with E-state index in [9.17, 15) is 9.59 Å². The third kappa shape index (κ3) is 3.13. The molecule has 0 N–H and O–H groups in total. The van der Waals surface area contributed by atoms with Crippen LogP contribution in [0, 0.1) is 0 Å². The molecule has 1 aliphatic carbocycles. The molecule has 0 atom stereocenters. The van der Waals surface area contributed by atoms with Crippen LogP contribution in [0.1, 0.15) is 25.6 Å². The SMILES string of the molecule is O=C1C(=Cc2cc3oc(-c4ccccc4)cc3s2)C(=O)c2cc3cc(Br)c(Br)cc3cc21. The van der Waals surface area contributed by atoms with Gasteiger partial charge in [0.2, 0.25) is 0 Å². The van der Waals surface area contributed by atoms with E-state index in [4.69, 9.17) is 4.42 Å². The number of carbonyl (C=O) groups excluding carboxylic acids is 2. The van der Waals surface area contributed by atoms with Gasteiger partial charge in [0.15, 0.2) is 11.6 Å². The molecule has 0 radical (unpaired) electrons.